The van der Waals surface area contributed by atoms with Crippen molar-refractivity contribution in [1.82, 2.24) is 0 Å². The standard InChI is InChI=1S/C5H5ClO4S3.ClHO3S/c1-12(7,8)4-2-5(11-3-4)13(6,9)10;1-5(2,3)4/h2-3H,1H3;(H,2,3,4). The fraction of sp³-hybridized carbons (Fsp3) is 0.200. The normalized spacial score (nSPS) is 12.7. The molecular weight excluding hydrogens is 371 g/mol. The molecule has 0 spiro atoms. The molecular formula is C5H6Cl2O7S4. The predicted molar refractivity (Wildman–Crippen MR) is 67.9 cm³/mol. The lowest BCUT2D eigenvalue weighted by molar-refractivity contribution is 0.501. The lowest BCUT2D eigenvalue weighted by Gasteiger charge is -1.88. The number of hydrogen-bond donors (Lipinski definition) is 1. The van der Waals surface area contributed by atoms with E-state index < -0.39 is 28.2 Å². The van der Waals surface area contributed by atoms with E-state index >= 15 is 0 Å². The van der Waals surface area contributed by atoms with Crippen molar-refractivity contribution in [3.05, 3.63) is 11.4 Å². The smallest absolute Gasteiger partial charge is 0.273 e. The van der Waals surface area contributed by atoms with Crippen LogP contribution in [0.4, 0.5) is 0 Å². The van der Waals surface area contributed by atoms with E-state index in [4.69, 9.17) is 23.7 Å². The van der Waals surface area contributed by atoms with Crippen LogP contribution in [0.3, 0.4) is 0 Å². The van der Waals surface area contributed by atoms with Crippen LogP contribution in [-0.2, 0) is 28.2 Å². The van der Waals surface area contributed by atoms with Crippen LogP contribution in [0.2, 0.25) is 0 Å². The molecule has 1 rings (SSSR count). The Morgan fingerprint density at radius 1 is 1.11 bits per heavy atom. The fourth-order valence-electron chi connectivity index (χ4n) is 0.623. The molecule has 1 N–H and O–H groups in total. The second-order valence-corrected chi connectivity index (χ2v) is 10.4. The maximum atomic E-state index is 10.9. The Balaban J connectivity index is 0.000000494. The molecule has 0 saturated carbocycles. The Bertz CT molecular complexity index is 657. The summed E-state index contributed by atoms with van der Waals surface area (Å²) in [6.07, 6.45) is 1.000. The van der Waals surface area contributed by atoms with Crippen LogP contribution < -0.4 is 0 Å². The maximum absolute atomic E-state index is 10.9. The van der Waals surface area contributed by atoms with E-state index in [1.54, 1.807) is 0 Å². The minimum absolute atomic E-state index is 0.0308. The summed E-state index contributed by atoms with van der Waals surface area (Å²) in [6, 6.07) is 1.04. The topological polar surface area (TPSA) is 123 Å². The predicted octanol–water partition coefficient (Wildman–Crippen LogP) is 1.11. The highest BCUT2D eigenvalue weighted by molar-refractivity contribution is 8.15. The minimum Gasteiger partial charge on any atom is -0.273 e. The van der Waals surface area contributed by atoms with E-state index in [0.717, 1.165) is 23.7 Å². The van der Waals surface area contributed by atoms with E-state index in [1.165, 1.54) is 5.38 Å². The van der Waals surface area contributed by atoms with E-state index in [0.29, 0.717) is 0 Å². The Morgan fingerprint density at radius 3 is 1.67 bits per heavy atom. The lowest BCUT2D eigenvalue weighted by atomic mass is 10.7. The van der Waals surface area contributed by atoms with Crippen molar-refractivity contribution in [2.24, 2.45) is 0 Å². The number of rotatable bonds is 2. The SMILES string of the molecule is CS(=O)(=O)c1csc(S(=O)(=O)Cl)c1.O=S(=O)(O)Cl. The first-order valence-electron chi connectivity index (χ1n) is 3.61. The summed E-state index contributed by atoms with van der Waals surface area (Å²) >= 11 is 0.784. The minimum atomic E-state index is -4.19. The van der Waals surface area contributed by atoms with Gasteiger partial charge in [-0.15, -0.1) is 11.3 Å². The molecule has 106 valence electrons. The van der Waals surface area contributed by atoms with Crippen molar-refractivity contribution < 1.29 is 29.8 Å². The second kappa shape index (κ2) is 6.03. The molecule has 0 atom stereocenters. The van der Waals surface area contributed by atoms with Crippen molar-refractivity contribution >= 4 is 60.9 Å². The van der Waals surface area contributed by atoms with Gasteiger partial charge in [-0.1, -0.05) is 0 Å². The quantitative estimate of drug-likeness (QED) is 0.605. The van der Waals surface area contributed by atoms with Crippen LogP contribution in [-0.4, -0.2) is 36.1 Å². The molecule has 0 aliphatic carbocycles. The van der Waals surface area contributed by atoms with Gasteiger partial charge < -0.3 is 0 Å². The van der Waals surface area contributed by atoms with Gasteiger partial charge in [0, 0.05) is 33.0 Å². The molecule has 0 saturated heterocycles. The van der Waals surface area contributed by atoms with Crippen molar-refractivity contribution in [3.63, 3.8) is 0 Å². The number of sulfone groups is 1. The fourth-order valence-corrected chi connectivity index (χ4v) is 3.78. The van der Waals surface area contributed by atoms with Gasteiger partial charge in [-0.2, -0.15) is 8.42 Å². The lowest BCUT2D eigenvalue weighted by Crippen LogP contribution is -1.94. The van der Waals surface area contributed by atoms with Gasteiger partial charge in [-0.05, 0) is 6.07 Å². The van der Waals surface area contributed by atoms with Crippen LogP contribution >= 0.6 is 32.7 Å². The molecule has 0 aliphatic heterocycles. The molecule has 0 fully saturated rings. The van der Waals surface area contributed by atoms with E-state index in [2.05, 4.69) is 10.7 Å². The average Bonchev–Trinajstić information content (AvgIpc) is 2.43. The first kappa shape index (κ1) is 18.1. The van der Waals surface area contributed by atoms with Crippen LogP contribution in [0.1, 0.15) is 0 Å². The zero-order chi connectivity index (χ0) is 14.8. The summed E-state index contributed by atoms with van der Waals surface area (Å²) in [4.78, 5) is -0.0308. The summed E-state index contributed by atoms with van der Waals surface area (Å²) in [7, 11) is -2.30. The van der Waals surface area contributed by atoms with Crippen LogP contribution in [0.25, 0.3) is 0 Å². The van der Waals surface area contributed by atoms with Crippen molar-refractivity contribution in [3.8, 4) is 0 Å². The highest BCUT2D eigenvalue weighted by Crippen LogP contribution is 2.25. The summed E-state index contributed by atoms with van der Waals surface area (Å²) in [5.41, 5.74) is 0. The molecule has 13 heteroatoms. The maximum Gasteiger partial charge on any atom is 0.353 e. The zero-order valence-electron chi connectivity index (χ0n) is 8.44. The van der Waals surface area contributed by atoms with Gasteiger partial charge in [-0.3, -0.25) is 4.55 Å². The van der Waals surface area contributed by atoms with Gasteiger partial charge >= 0.3 is 9.33 Å². The molecule has 1 aromatic heterocycles. The molecule has 0 bridgehead atoms. The summed E-state index contributed by atoms with van der Waals surface area (Å²) in [5.74, 6) is 0. The summed E-state index contributed by atoms with van der Waals surface area (Å²) in [5, 5.41) is 1.24. The summed E-state index contributed by atoms with van der Waals surface area (Å²) in [6.45, 7) is 0. The molecule has 18 heavy (non-hydrogen) atoms. The van der Waals surface area contributed by atoms with Gasteiger partial charge in [0.15, 0.2) is 9.84 Å². The highest BCUT2D eigenvalue weighted by Gasteiger charge is 2.17. The van der Waals surface area contributed by atoms with Gasteiger partial charge in [-0.25, -0.2) is 16.8 Å². The first-order chi connectivity index (χ1) is 7.71. The van der Waals surface area contributed by atoms with Crippen LogP contribution in [0.5, 0.6) is 0 Å². The molecule has 0 aromatic carbocycles. The summed E-state index contributed by atoms with van der Waals surface area (Å²) < 4.78 is 68.4. The third kappa shape index (κ3) is 8.24. The Kier molecular flexibility index (Phi) is 6.06. The molecule has 0 radical (unpaired) electrons. The number of thiophene rings is 1. The van der Waals surface area contributed by atoms with Gasteiger partial charge in [0.1, 0.15) is 4.21 Å². The Labute approximate surface area is 117 Å². The molecule has 1 heterocycles. The van der Waals surface area contributed by atoms with Crippen molar-refractivity contribution in [2.75, 3.05) is 6.26 Å². The van der Waals surface area contributed by atoms with Gasteiger partial charge in [0.25, 0.3) is 9.05 Å². The Morgan fingerprint density at radius 2 is 1.50 bits per heavy atom. The van der Waals surface area contributed by atoms with Gasteiger partial charge in [0.05, 0.1) is 4.90 Å². The van der Waals surface area contributed by atoms with E-state index in [9.17, 15) is 16.8 Å². The molecule has 0 amide bonds. The molecule has 0 aliphatic rings. The van der Waals surface area contributed by atoms with Crippen molar-refractivity contribution in [1.29, 1.82) is 0 Å². The Hall–Kier alpha value is 0.0900. The van der Waals surface area contributed by atoms with E-state index in [-0.39, 0.29) is 9.10 Å². The monoisotopic (exact) mass is 376 g/mol. The highest BCUT2D eigenvalue weighted by atomic mass is 35.7. The van der Waals surface area contributed by atoms with Crippen LogP contribution in [0, 0.1) is 0 Å². The molecule has 1 aromatic rings. The molecule has 0 unspecified atom stereocenters. The van der Waals surface area contributed by atoms with Crippen LogP contribution in [0.15, 0.2) is 20.6 Å². The number of hydrogen-bond acceptors (Lipinski definition) is 7. The zero-order valence-corrected chi connectivity index (χ0v) is 13.2. The largest absolute Gasteiger partial charge is 0.353 e. The van der Waals surface area contributed by atoms with Gasteiger partial charge in [0.2, 0.25) is 0 Å². The third-order valence-corrected chi connectivity index (χ3v) is 5.50. The number of halogens is 2. The second-order valence-electron chi connectivity index (χ2n) is 2.72. The first-order valence-corrected chi connectivity index (χ1v) is 11.0. The average molecular weight is 377 g/mol. The third-order valence-electron chi connectivity index (χ3n) is 1.22. The van der Waals surface area contributed by atoms with E-state index in [1.807, 2.05) is 0 Å². The molecule has 7 nitrogen and oxygen atoms in total. The van der Waals surface area contributed by atoms with Crippen molar-refractivity contribution in [2.45, 2.75) is 9.10 Å².